The van der Waals surface area contributed by atoms with E-state index < -0.39 is 29.4 Å². The van der Waals surface area contributed by atoms with E-state index in [4.69, 9.17) is 5.73 Å². The summed E-state index contributed by atoms with van der Waals surface area (Å²) in [5.74, 6) is -1.58. The van der Waals surface area contributed by atoms with Crippen LogP contribution in [0.1, 0.15) is 41.6 Å². The number of halogens is 4. The Balaban J connectivity index is 1.43. The van der Waals surface area contributed by atoms with E-state index in [9.17, 15) is 27.5 Å². The maximum absolute atomic E-state index is 14.8. The van der Waals surface area contributed by atoms with Crippen molar-refractivity contribution in [1.82, 2.24) is 14.9 Å². The Morgan fingerprint density at radius 2 is 1.94 bits per heavy atom. The SMILES string of the molecule is Nc1cc(OC(F)(F)F)ccc1C(=O)N1C2CCC1CC(O)(c1c(F)cnc3[nH]ccc13)C2. The number of nitrogens with zero attached hydrogens (tertiary/aromatic N) is 2. The number of anilines is 1. The number of H-pyrrole nitrogens is 1. The van der Waals surface area contributed by atoms with Crippen LogP contribution in [-0.4, -0.2) is 44.3 Å². The van der Waals surface area contributed by atoms with Gasteiger partial charge in [-0.2, -0.15) is 0 Å². The Kier molecular flexibility index (Phi) is 4.78. The first-order valence-electron chi connectivity index (χ1n) is 10.4. The van der Waals surface area contributed by atoms with Gasteiger partial charge in [-0.05, 0) is 31.0 Å². The molecule has 33 heavy (non-hydrogen) atoms. The molecule has 7 nitrogen and oxygen atoms in total. The fraction of sp³-hybridized carbons (Fsp3) is 0.364. The number of aliphatic hydroxyl groups is 1. The second-order valence-electron chi connectivity index (χ2n) is 8.56. The lowest BCUT2D eigenvalue weighted by Crippen LogP contribution is -2.52. The van der Waals surface area contributed by atoms with Crippen molar-refractivity contribution in [2.24, 2.45) is 0 Å². The molecule has 4 N–H and O–H groups in total. The van der Waals surface area contributed by atoms with Crippen molar-refractivity contribution in [3.05, 3.63) is 53.6 Å². The third kappa shape index (κ3) is 3.65. The second kappa shape index (κ2) is 7.34. The topological polar surface area (TPSA) is 104 Å². The molecule has 0 spiro atoms. The van der Waals surface area contributed by atoms with E-state index in [0.29, 0.717) is 23.9 Å². The highest BCUT2D eigenvalue weighted by Crippen LogP contribution is 2.48. The molecule has 2 aliphatic rings. The van der Waals surface area contributed by atoms with Gasteiger partial charge in [-0.15, -0.1) is 13.2 Å². The number of carbonyl (C=O) groups is 1. The van der Waals surface area contributed by atoms with Gasteiger partial charge >= 0.3 is 6.36 Å². The van der Waals surface area contributed by atoms with Gasteiger partial charge in [0, 0.05) is 53.8 Å². The number of hydrogen-bond acceptors (Lipinski definition) is 5. The van der Waals surface area contributed by atoms with Gasteiger partial charge in [-0.25, -0.2) is 9.37 Å². The molecule has 11 heteroatoms. The molecular weight excluding hydrogens is 444 g/mol. The first-order valence-corrected chi connectivity index (χ1v) is 10.4. The average Bonchev–Trinajstić information content (AvgIpc) is 3.29. The van der Waals surface area contributed by atoms with Crippen molar-refractivity contribution in [3.63, 3.8) is 0 Å². The number of amides is 1. The van der Waals surface area contributed by atoms with E-state index in [2.05, 4.69) is 14.7 Å². The highest BCUT2D eigenvalue weighted by molar-refractivity contribution is 6.00. The number of alkyl halides is 3. The second-order valence-corrected chi connectivity index (χ2v) is 8.56. The van der Waals surface area contributed by atoms with E-state index in [1.165, 1.54) is 6.07 Å². The summed E-state index contributed by atoms with van der Waals surface area (Å²) in [6, 6.07) is 4.09. The maximum Gasteiger partial charge on any atom is 0.573 e. The zero-order chi connectivity index (χ0) is 23.5. The van der Waals surface area contributed by atoms with Crippen LogP contribution in [0.15, 0.2) is 36.7 Å². The van der Waals surface area contributed by atoms with Crippen LogP contribution in [0.5, 0.6) is 5.75 Å². The van der Waals surface area contributed by atoms with Crippen molar-refractivity contribution in [1.29, 1.82) is 0 Å². The Hall–Kier alpha value is -3.34. The van der Waals surface area contributed by atoms with Gasteiger partial charge in [-0.3, -0.25) is 4.79 Å². The van der Waals surface area contributed by atoms with E-state index in [-0.39, 0.29) is 41.7 Å². The third-order valence-corrected chi connectivity index (χ3v) is 6.49. The number of aromatic nitrogens is 2. The smallest absolute Gasteiger partial charge is 0.406 e. The number of nitrogen functional groups attached to an aromatic ring is 1. The van der Waals surface area contributed by atoms with Crippen molar-refractivity contribution in [2.45, 2.75) is 49.7 Å². The number of aromatic amines is 1. The number of rotatable bonds is 3. The largest absolute Gasteiger partial charge is 0.573 e. The van der Waals surface area contributed by atoms with Crippen LogP contribution in [0.25, 0.3) is 11.0 Å². The van der Waals surface area contributed by atoms with Crippen molar-refractivity contribution in [2.75, 3.05) is 5.73 Å². The molecule has 2 atom stereocenters. The lowest BCUT2D eigenvalue weighted by atomic mass is 9.79. The molecule has 3 aromatic rings. The highest BCUT2D eigenvalue weighted by Gasteiger charge is 2.51. The summed E-state index contributed by atoms with van der Waals surface area (Å²) in [4.78, 5) is 21.8. The number of fused-ring (bicyclic) bond motifs is 3. The van der Waals surface area contributed by atoms with Crippen LogP contribution in [-0.2, 0) is 5.60 Å². The summed E-state index contributed by atoms with van der Waals surface area (Å²) in [5, 5.41) is 12.0. The number of pyridine rings is 1. The third-order valence-electron chi connectivity index (χ3n) is 6.49. The van der Waals surface area contributed by atoms with Crippen LogP contribution in [0, 0.1) is 5.82 Å². The van der Waals surface area contributed by atoms with Crippen LogP contribution < -0.4 is 10.5 Å². The van der Waals surface area contributed by atoms with E-state index in [1.807, 2.05) is 0 Å². The van der Waals surface area contributed by atoms with Gasteiger partial charge in [0.15, 0.2) is 0 Å². The van der Waals surface area contributed by atoms with Gasteiger partial charge in [0.1, 0.15) is 17.2 Å². The Labute approximate surface area is 185 Å². The van der Waals surface area contributed by atoms with E-state index in [1.54, 1.807) is 17.2 Å². The number of ether oxygens (including phenoxy) is 1. The molecule has 174 valence electrons. The van der Waals surface area contributed by atoms with Crippen LogP contribution in [0.3, 0.4) is 0 Å². The summed E-state index contributed by atoms with van der Waals surface area (Å²) in [5.41, 5.74) is 4.90. The molecule has 1 amide bonds. The molecular formula is C22H20F4N4O3. The molecule has 5 rings (SSSR count). The predicted octanol–water partition coefficient (Wildman–Crippen LogP) is 3.84. The molecule has 2 fully saturated rings. The Bertz CT molecular complexity index is 1230. The van der Waals surface area contributed by atoms with Crippen LogP contribution >= 0.6 is 0 Å². The summed E-state index contributed by atoms with van der Waals surface area (Å²) >= 11 is 0. The minimum atomic E-state index is -4.87. The van der Waals surface area contributed by atoms with E-state index >= 15 is 0 Å². The van der Waals surface area contributed by atoms with Crippen molar-refractivity contribution < 1.29 is 32.2 Å². The number of hydrogen-bond donors (Lipinski definition) is 3. The zero-order valence-corrected chi connectivity index (χ0v) is 17.2. The monoisotopic (exact) mass is 464 g/mol. The van der Waals surface area contributed by atoms with Crippen LogP contribution in [0.2, 0.25) is 0 Å². The summed E-state index contributed by atoms with van der Waals surface area (Å²) in [7, 11) is 0. The fourth-order valence-corrected chi connectivity index (χ4v) is 5.29. The summed E-state index contributed by atoms with van der Waals surface area (Å²) in [6.07, 6.45) is -0.741. The predicted molar refractivity (Wildman–Crippen MR) is 110 cm³/mol. The average molecular weight is 464 g/mol. The van der Waals surface area contributed by atoms with Crippen LogP contribution in [0.4, 0.5) is 23.2 Å². The fourth-order valence-electron chi connectivity index (χ4n) is 5.29. The molecule has 0 saturated carbocycles. The molecule has 2 bridgehead atoms. The van der Waals surface area contributed by atoms with Gasteiger partial charge < -0.3 is 25.5 Å². The molecule has 1 aromatic carbocycles. The molecule has 2 aliphatic heterocycles. The molecule has 0 aliphatic carbocycles. The first kappa shape index (κ1) is 21.5. The van der Waals surface area contributed by atoms with Gasteiger partial charge in [-0.1, -0.05) is 0 Å². The van der Waals surface area contributed by atoms with Gasteiger partial charge in [0.25, 0.3) is 5.91 Å². The standard InChI is InChI=1S/C22H20F4N4O3/c23-16-10-29-19-15(5-6-28-19)18(16)21(32)8-11-1-2-12(9-21)30(11)20(31)14-4-3-13(7-17(14)27)33-22(24,25)26/h3-7,10-12,32H,1-2,8-9,27H2,(H,28,29). The number of piperidine rings is 1. The van der Waals surface area contributed by atoms with Gasteiger partial charge in [0.2, 0.25) is 0 Å². The summed E-state index contributed by atoms with van der Waals surface area (Å²) in [6.45, 7) is 0. The number of benzene rings is 1. The van der Waals surface area contributed by atoms with Crippen molar-refractivity contribution in [3.8, 4) is 5.75 Å². The number of carbonyl (C=O) groups excluding carboxylic acids is 1. The normalized spacial score (nSPS) is 24.9. The van der Waals surface area contributed by atoms with E-state index in [0.717, 1.165) is 18.3 Å². The lowest BCUT2D eigenvalue weighted by molar-refractivity contribution is -0.274. The zero-order valence-electron chi connectivity index (χ0n) is 17.2. The molecule has 2 unspecified atom stereocenters. The quantitative estimate of drug-likeness (QED) is 0.404. The summed E-state index contributed by atoms with van der Waals surface area (Å²) < 4.78 is 56.0. The van der Waals surface area contributed by atoms with Gasteiger partial charge in [0.05, 0.1) is 17.4 Å². The molecule has 2 saturated heterocycles. The number of nitrogens with two attached hydrogens (primary N) is 1. The minimum absolute atomic E-state index is 0.0509. The van der Waals surface area contributed by atoms with Crippen molar-refractivity contribution >= 4 is 22.6 Å². The Morgan fingerprint density at radius 3 is 2.58 bits per heavy atom. The molecule has 0 radical (unpaired) electrons. The maximum atomic E-state index is 14.8. The lowest BCUT2D eigenvalue weighted by Gasteiger charge is -2.44. The molecule has 4 heterocycles. The minimum Gasteiger partial charge on any atom is -0.406 e. The highest BCUT2D eigenvalue weighted by atomic mass is 19.4. The Morgan fingerprint density at radius 1 is 1.24 bits per heavy atom. The number of nitrogens with one attached hydrogen (secondary N) is 1. The first-order chi connectivity index (χ1) is 15.6. The molecule has 2 aromatic heterocycles.